The molecule has 0 saturated carbocycles. The monoisotopic (exact) mass is 474 g/mol. The molecule has 0 bridgehead atoms. The highest BCUT2D eigenvalue weighted by atomic mass is 32.2. The lowest BCUT2D eigenvalue weighted by molar-refractivity contribution is -0.148. The first-order chi connectivity index (χ1) is 15.7. The van der Waals surface area contributed by atoms with Gasteiger partial charge in [0.25, 0.3) is 15.9 Å². The number of aryl methyl sites for hydroxylation is 1. The maximum absolute atomic E-state index is 13.3. The number of carboxylic acids is 1. The molecule has 2 heterocycles. The van der Waals surface area contributed by atoms with Gasteiger partial charge in [0.15, 0.2) is 0 Å². The number of amides is 1. The molecular weight excluding hydrogens is 448 g/mol. The van der Waals surface area contributed by atoms with Gasteiger partial charge >= 0.3 is 5.97 Å². The molecule has 1 saturated heterocycles. The van der Waals surface area contributed by atoms with Crippen LogP contribution in [-0.4, -0.2) is 62.2 Å². The Balaban J connectivity index is 1.58. The summed E-state index contributed by atoms with van der Waals surface area (Å²) in [5.41, 5.74) is 1.11. The van der Waals surface area contributed by atoms with E-state index in [0.29, 0.717) is 24.2 Å². The van der Waals surface area contributed by atoms with E-state index in [1.54, 1.807) is 43.1 Å². The zero-order chi connectivity index (χ0) is 23.8. The number of aliphatic carboxylic acids is 1. The summed E-state index contributed by atoms with van der Waals surface area (Å²) in [6.45, 7) is 1.87. The van der Waals surface area contributed by atoms with Crippen molar-refractivity contribution in [3.05, 3.63) is 53.6 Å². The van der Waals surface area contributed by atoms with Crippen molar-refractivity contribution in [2.24, 2.45) is 0 Å². The number of benzene rings is 2. The van der Waals surface area contributed by atoms with Gasteiger partial charge in [-0.1, -0.05) is 18.2 Å². The van der Waals surface area contributed by atoms with Gasteiger partial charge < -0.3 is 19.5 Å². The van der Waals surface area contributed by atoms with E-state index in [0.717, 1.165) is 0 Å². The third-order valence-electron chi connectivity index (χ3n) is 6.05. The van der Waals surface area contributed by atoms with E-state index in [-0.39, 0.29) is 41.1 Å². The van der Waals surface area contributed by atoms with E-state index in [1.807, 2.05) is 0 Å². The lowest BCUT2D eigenvalue weighted by Gasteiger charge is -2.42. The van der Waals surface area contributed by atoms with Crippen LogP contribution < -0.4 is 9.46 Å². The summed E-state index contributed by atoms with van der Waals surface area (Å²) in [4.78, 5) is 26.0. The summed E-state index contributed by atoms with van der Waals surface area (Å²) in [7, 11) is -2.17. The highest BCUT2D eigenvalue weighted by Crippen LogP contribution is 2.33. The Morgan fingerprint density at radius 2 is 1.97 bits per heavy atom. The van der Waals surface area contributed by atoms with Gasteiger partial charge in [0.2, 0.25) is 0 Å². The molecule has 1 amide bonds. The second kappa shape index (κ2) is 9.03. The molecule has 176 valence electrons. The van der Waals surface area contributed by atoms with E-state index in [2.05, 4.69) is 4.72 Å². The number of hydrogen-bond acceptors (Lipinski definition) is 6. The Labute approximate surface area is 192 Å². The molecule has 9 nitrogen and oxygen atoms in total. The highest BCUT2D eigenvalue weighted by molar-refractivity contribution is 7.92. The topological polar surface area (TPSA) is 122 Å². The van der Waals surface area contributed by atoms with Crippen molar-refractivity contribution in [1.29, 1.82) is 0 Å². The molecule has 2 aromatic rings. The van der Waals surface area contributed by atoms with Gasteiger partial charge in [-0.25, -0.2) is 8.42 Å². The normalized spacial score (nSPS) is 22.9. The van der Waals surface area contributed by atoms with Crippen LogP contribution in [-0.2, 0) is 19.6 Å². The number of anilines is 1. The number of likely N-dealkylation sites (N-methyl/N-ethyl adjacent to an activating group) is 1. The van der Waals surface area contributed by atoms with Gasteiger partial charge in [-0.3, -0.25) is 14.3 Å². The van der Waals surface area contributed by atoms with Crippen molar-refractivity contribution in [2.75, 3.05) is 18.4 Å². The summed E-state index contributed by atoms with van der Waals surface area (Å²) in [6.07, 6.45) is 0.136. The number of ether oxygens (including phenoxy) is 2. The van der Waals surface area contributed by atoms with Crippen molar-refractivity contribution < 1.29 is 32.6 Å². The number of carbonyl (C=O) groups is 2. The second-order valence-electron chi connectivity index (χ2n) is 8.35. The lowest BCUT2D eigenvalue weighted by atomic mass is 9.95. The number of hydrogen-bond donors (Lipinski definition) is 2. The van der Waals surface area contributed by atoms with Gasteiger partial charge in [-0.2, -0.15) is 0 Å². The fourth-order valence-electron chi connectivity index (χ4n) is 4.35. The van der Waals surface area contributed by atoms with Gasteiger partial charge in [0, 0.05) is 12.7 Å². The first kappa shape index (κ1) is 23.1. The van der Waals surface area contributed by atoms with Crippen molar-refractivity contribution in [1.82, 2.24) is 4.90 Å². The quantitative estimate of drug-likeness (QED) is 0.683. The van der Waals surface area contributed by atoms with Crippen LogP contribution in [0.25, 0.3) is 0 Å². The average molecular weight is 475 g/mol. The third-order valence-corrected chi connectivity index (χ3v) is 7.59. The molecule has 2 aliphatic heterocycles. The molecule has 2 N–H and O–H groups in total. The summed E-state index contributed by atoms with van der Waals surface area (Å²) >= 11 is 0. The Bertz CT molecular complexity index is 1180. The molecule has 1 fully saturated rings. The van der Waals surface area contributed by atoms with Crippen LogP contribution in [0.4, 0.5) is 5.69 Å². The van der Waals surface area contributed by atoms with E-state index < -0.39 is 28.2 Å². The van der Waals surface area contributed by atoms with Gasteiger partial charge in [0.1, 0.15) is 18.5 Å². The molecule has 10 heteroatoms. The molecule has 0 aromatic heterocycles. The van der Waals surface area contributed by atoms with Gasteiger partial charge in [-0.05, 0) is 49.6 Å². The Morgan fingerprint density at radius 3 is 2.70 bits per heavy atom. The van der Waals surface area contributed by atoms with E-state index >= 15 is 0 Å². The SMILES string of the molecule is Cc1ccccc1S(=O)(=O)Nc1ccc2c(c1)C(=O)N(C)[C@@H]1CC[C@H](CC(=O)O)O[C@H]1CO2. The second-order valence-corrected chi connectivity index (χ2v) is 10.00. The third kappa shape index (κ3) is 4.81. The van der Waals surface area contributed by atoms with Crippen LogP contribution in [0.2, 0.25) is 0 Å². The molecule has 0 radical (unpaired) electrons. The Hall–Kier alpha value is -3.11. The van der Waals surface area contributed by atoms with E-state index in [1.165, 1.54) is 18.2 Å². The van der Waals surface area contributed by atoms with Gasteiger partial charge in [-0.15, -0.1) is 0 Å². The standard InChI is InChI=1S/C23H26N2O7S/c1-14-5-3-4-6-21(14)33(29,30)24-15-7-10-19-17(11-15)23(28)25(2)18-9-8-16(12-22(26)27)32-20(18)13-31-19/h3-7,10-11,16,18,20,24H,8-9,12-13H2,1-2H3,(H,26,27)/t16-,18-,20+/m1/s1. The number of nitrogens with zero attached hydrogens (tertiary/aromatic N) is 1. The minimum absolute atomic E-state index is 0.0954. The smallest absolute Gasteiger partial charge is 0.305 e. The van der Waals surface area contributed by atoms with Crippen LogP contribution in [0.1, 0.15) is 35.2 Å². The summed E-state index contributed by atoms with van der Waals surface area (Å²) < 4.78 is 40.0. The Kier molecular flexibility index (Phi) is 6.31. The fraction of sp³-hybridized carbons (Fsp3) is 0.391. The van der Waals surface area contributed by atoms with E-state index in [4.69, 9.17) is 14.6 Å². The molecule has 0 spiro atoms. The first-order valence-electron chi connectivity index (χ1n) is 10.7. The fourth-order valence-corrected chi connectivity index (χ4v) is 5.65. The average Bonchev–Trinajstić information content (AvgIpc) is 2.76. The van der Waals surface area contributed by atoms with Crippen LogP contribution in [0.3, 0.4) is 0 Å². The molecule has 2 aliphatic rings. The molecule has 0 unspecified atom stereocenters. The predicted octanol–water partition coefficient (Wildman–Crippen LogP) is 2.65. The van der Waals surface area contributed by atoms with Gasteiger partial charge in [0.05, 0.1) is 29.0 Å². The van der Waals surface area contributed by atoms with Crippen molar-refractivity contribution in [2.45, 2.75) is 49.3 Å². The predicted molar refractivity (Wildman–Crippen MR) is 120 cm³/mol. The van der Waals surface area contributed by atoms with Crippen molar-refractivity contribution in [3.8, 4) is 5.75 Å². The number of carbonyl (C=O) groups excluding carboxylic acids is 1. The molecule has 3 atom stereocenters. The summed E-state index contributed by atoms with van der Waals surface area (Å²) in [5, 5.41) is 9.06. The van der Waals surface area contributed by atoms with Crippen LogP contribution in [0, 0.1) is 6.92 Å². The number of nitrogens with one attached hydrogen (secondary N) is 1. The maximum atomic E-state index is 13.3. The number of fused-ring (bicyclic) bond motifs is 2. The summed E-state index contributed by atoms with van der Waals surface area (Å²) in [5.74, 6) is -0.939. The number of carboxylic acid groups (broad SMARTS) is 1. The van der Waals surface area contributed by atoms with Crippen LogP contribution >= 0.6 is 0 Å². The molecule has 2 aromatic carbocycles. The van der Waals surface area contributed by atoms with E-state index in [9.17, 15) is 18.0 Å². The maximum Gasteiger partial charge on any atom is 0.305 e. The minimum atomic E-state index is -3.84. The number of rotatable bonds is 5. The minimum Gasteiger partial charge on any atom is -0.490 e. The van der Waals surface area contributed by atoms with Crippen molar-refractivity contribution in [3.63, 3.8) is 0 Å². The largest absolute Gasteiger partial charge is 0.490 e. The highest BCUT2D eigenvalue weighted by Gasteiger charge is 2.39. The molecule has 0 aliphatic carbocycles. The van der Waals surface area contributed by atoms with Crippen molar-refractivity contribution >= 4 is 27.6 Å². The molecule has 33 heavy (non-hydrogen) atoms. The number of sulfonamides is 1. The van der Waals surface area contributed by atoms with Crippen LogP contribution in [0.5, 0.6) is 5.75 Å². The molecule has 4 rings (SSSR count). The lowest BCUT2D eigenvalue weighted by Crippen LogP contribution is -2.53. The molecular formula is C23H26N2O7S. The zero-order valence-corrected chi connectivity index (χ0v) is 19.2. The van der Waals surface area contributed by atoms with Crippen LogP contribution in [0.15, 0.2) is 47.4 Å². The Morgan fingerprint density at radius 1 is 1.21 bits per heavy atom. The summed E-state index contributed by atoms with van der Waals surface area (Å²) in [6, 6.07) is 10.9. The first-order valence-corrected chi connectivity index (χ1v) is 12.1. The zero-order valence-electron chi connectivity index (χ0n) is 18.4.